The third-order valence-electron chi connectivity index (χ3n) is 6.89. The molecule has 0 atom stereocenters. The molecule has 0 spiro atoms. The first-order chi connectivity index (χ1) is 16.0. The number of carbonyl (C=O) groups excluding carboxylic acids is 1. The molecule has 2 aromatic carbocycles. The maximum Gasteiger partial charge on any atom is 0.181 e. The second-order valence-electron chi connectivity index (χ2n) is 9.23. The fourth-order valence-corrected chi connectivity index (χ4v) is 5.33. The van der Waals surface area contributed by atoms with Crippen LogP contribution in [-0.4, -0.2) is 15.8 Å². The quantitative estimate of drug-likeness (QED) is 0.264. The highest BCUT2D eigenvalue weighted by Gasteiger charge is 2.24. The van der Waals surface area contributed by atoms with Gasteiger partial charge < -0.3 is 0 Å². The number of pyridine rings is 2. The molecule has 3 nitrogen and oxygen atoms in total. The summed E-state index contributed by atoms with van der Waals surface area (Å²) in [6.45, 7) is 0. The van der Waals surface area contributed by atoms with E-state index < -0.39 is 0 Å². The van der Waals surface area contributed by atoms with E-state index in [-0.39, 0.29) is 5.78 Å². The lowest BCUT2D eigenvalue weighted by Gasteiger charge is -2.28. The number of aryl methyl sites for hydroxylation is 1. The Balaban J connectivity index is 1.12. The van der Waals surface area contributed by atoms with Gasteiger partial charge in [-0.15, -0.1) is 0 Å². The third-order valence-corrected chi connectivity index (χ3v) is 7.37. The van der Waals surface area contributed by atoms with Crippen molar-refractivity contribution in [2.24, 2.45) is 11.8 Å². The van der Waals surface area contributed by atoms with Gasteiger partial charge in [0.1, 0.15) is 5.69 Å². The Morgan fingerprint density at radius 2 is 1.36 bits per heavy atom. The van der Waals surface area contributed by atoms with Crippen molar-refractivity contribution in [1.29, 1.82) is 0 Å². The second kappa shape index (κ2) is 9.79. The monoisotopic (exact) mass is 476 g/mol. The zero-order chi connectivity index (χ0) is 22.8. The number of benzene rings is 2. The molecule has 4 aromatic rings. The van der Waals surface area contributed by atoms with Crippen LogP contribution in [0, 0.1) is 11.8 Å². The molecule has 0 bridgehead atoms. The molecule has 5 heteroatoms. The van der Waals surface area contributed by atoms with Gasteiger partial charge in [-0.2, -0.15) is 0 Å². The number of rotatable bonds is 6. The van der Waals surface area contributed by atoms with Crippen molar-refractivity contribution < 1.29 is 4.79 Å². The van der Waals surface area contributed by atoms with Gasteiger partial charge in [0.15, 0.2) is 5.78 Å². The van der Waals surface area contributed by atoms with Crippen molar-refractivity contribution in [2.45, 2.75) is 44.9 Å². The summed E-state index contributed by atoms with van der Waals surface area (Å²) in [4.78, 5) is 22.2. The van der Waals surface area contributed by atoms with Gasteiger partial charge in [-0.3, -0.25) is 9.78 Å². The number of carbonyl (C=O) groups is 1. The van der Waals surface area contributed by atoms with Gasteiger partial charge in [-0.1, -0.05) is 48.2 Å². The highest BCUT2D eigenvalue weighted by Crippen LogP contribution is 2.34. The van der Waals surface area contributed by atoms with Crippen molar-refractivity contribution in [2.75, 3.05) is 0 Å². The molecule has 33 heavy (non-hydrogen) atoms. The highest BCUT2D eigenvalue weighted by atomic mass is 35.5. The molecule has 0 unspecified atom stereocenters. The number of nitrogens with zero attached hydrogens (tertiary/aromatic N) is 2. The van der Waals surface area contributed by atoms with Crippen LogP contribution in [0.2, 0.25) is 10.0 Å². The fraction of sp³-hybridized carbons (Fsp3) is 0.321. The topological polar surface area (TPSA) is 42.9 Å². The molecule has 0 N–H and O–H groups in total. The Morgan fingerprint density at radius 3 is 2.06 bits per heavy atom. The van der Waals surface area contributed by atoms with Crippen LogP contribution < -0.4 is 0 Å². The lowest BCUT2D eigenvalue weighted by atomic mass is 9.78. The minimum Gasteiger partial charge on any atom is -0.292 e. The van der Waals surface area contributed by atoms with E-state index >= 15 is 0 Å². The predicted molar refractivity (Wildman–Crippen MR) is 136 cm³/mol. The van der Waals surface area contributed by atoms with Crippen LogP contribution in [0.25, 0.3) is 21.8 Å². The Labute approximate surface area is 204 Å². The molecule has 0 amide bonds. The molecule has 1 saturated carbocycles. The van der Waals surface area contributed by atoms with Gasteiger partial charge in [0, 0.05) is 32.9 Å². The fourth-order valence-electron chi connectivity index (χ4n) is 4.97. The molecule has 0 radical (unpaired) electrons. The Kier molecular flexibility index (Phi) is 6.62. The smallest absolute Gasteiger partial charge is 0.181 e. The number of fused-ring (bicyclic) bond motifs is 2. The van der Waals surface area contributed by atoms with Gasteiger partial charge in [0.2, 0.25) is 0 Å². The van der Waals surface area contributed by atoms with Crippen molar-refractivity contribution >= 4 is 50.8 Å². The molecule has 2 heterocycles. The minimum atomic E-state index is 0.149. The van der Waals surface area contributed by atoms with Crippen LogP contribution in [-0.2, 0) is 6.42 Å². The first-order valence-electron chi connectivity index (χ1n) is 11.7. The summed E-state index contributed by atoms with van der Waals surface area (Å²) in [6, 6.07) is 19.4. The first-order valence-corrected chi connectivity index (χ1v) is 12.4. The molecule has 2 aromatic heterocycles. The highest BCUT2D eigenvalue weighted by molar-refractivity contribution is 6.31. The summed E-state index contributed by atoms with van der Waals surface area (Å²) in [7, 11) is 0. The molecule has 0 saturated heterocycles. The molecule has 1 fully saturated rings. The normalized spacial score (nSPS) is 18.6. The largest absolute Gasteiger partial charge is 0.292 e. The van der Waals surface area contributed by atoms with Crippen LogP contribution >= 0.6 is 23.2 Å². The second-order valence-corrected chi connectivity index (χ2v) is 10.1. The standard InChI is InChI=1S/C28H26Cl2N2O/c29-22-8-13-25-20(16-22)6-11-24(31-25)10-5-18-1-3-19(4-2-18)15-28(33)27-12-7-21-17-23(30)9-14-26(21)32-27/h6-9,11-14,16-19H,1-5,10,15H2. The molecule has 1 aliphatic rings. The molecule has 5 rings (SSSR count). The van der Waals surface area contributed by atoms with Crippen LogP contribution in [0.4, 0.5) is 0 Å². The number of ketones is 1. The van der Waals surface area contributed by atoms with Crippen molar-refractivity contribution in [3.63, 3.8) is 0 Å². The SMILES string of the molecule is O=C(CC1CCC(CCc2ccc3cc(Cl)ccc3n2)CC1)c1ccc2cc(Cl)ccc2n1. The molecule has 168 valence electrons. The number of halogens is 2. The first kappa shape index (κ1) is 22.3. The Morgan fingerprint density at radius 1 is 0.758 bits per heavy atom. The van der Waals surface area contributed by atoms with E-state index in [2.05, 4.69) is 17.1 Å². The summed E-state index contributed by atoms with van der Waals surface area (Å²) in [5.74, 6) is 1.32. The van der Waals surface area contributed by atoms with Crippen LogP contribution in [0.3, 0.4) is 0 Å². The number of Topliss-reactive ketones (excluding diaryl/α,β-unsaturated/α-hetero) is 1. The number of aromatic nitrogens is 2. The molecular formula is C28H26Cl2N2O. The van der Waals surface area contributed by atoms with Gasteiger partial charge >= 0.3 is 0 Å². The van der Waals surface area contributed by atoms with Crippen LogP contribution in [0.5, 0.6) is 0 Å². The van der Waals surface area contributed by atoms with E-state index in [4.69, 9.17) is 28.2 Å². The van der Waals surface area contributed by atoms with Crippen molar-refractivity contribution in [3.05, 3.63) is 82.1 Å². The average Bonchev–Trinajstić information content (AvgIpc) is 2.83. The maximum atomic E-state index is 12.8. The zero-order valence-electron chi connectivity index (χ0n) is 18.4. The van der Waals surface area contributed by atoms with Crippen molar-refractivity contribution in [1.82, 2.24) is 9.97 Å². The number of hydrogen-bond acceptors (Lipinski definition) is 3. The third kappa shape index (κ3) is 5.37. The van der Waals surface area contributed by atoms with E-state index in [0.717, 1.165) is 58.2 Å². The number of hydrogen-bond donors (Lipinski definition) is 0. The molecule has 1 aliphatic carbocycles. The van der Waals surface area contributed by atoms with E-state index in [1.54, 1.807) is 0 Å². The lowest BCUT2D eigenvalue weighted by Crippen LogP contribution is -2.18. The molecular weight excluding hydrogens is 451 g/mol. The van der Waals surface area contributed by atoms with Crippen LogP contribution in [0.15, 0.2) is 60.7 Å². The van der Waals surface area contributed by atoms with E-state index in [1.165, 1.54) is 12.8 Å². The zero-order valence-corrected chi connectivity index (χ0v) is 19.9. The van der Waals surface area contributed by atoms with Gasteiger partial charge in [-0.25, -0.2) is 4.98 Å². The van der Waals surface area contributed by atoms with Crippen molar-refractivity contribution in [3.8, 4) is 0 Å². The predicted octanol–water partition coefficient (Wildman–Crippen LogP) is 8.10. The summed E-state index contributed by atoms with van der Waals surface area (Å²) in [5, 5.41) is 3.47. The van der Waals surface area contributed by atoms with E-state index in [1.807, 2.05) is 48.5 Å². The Bertz CT molecular complexity index is 1310. The minimum absolute atomic E-state index is 0.149. The molecule has 0 aliphatic heterocycles. The average molecular weight is 477 g/mol. The maximum absolute atomic E-state index is 12.8. The Hall–Kier alpha value is -2.49. The summed E-state index contributed by atoms with van der Waals surface area (Å²) in [6.07, 6.45) is 7.34. The van der Waals surface area contributed by atoms with Gasteiger partial charge in [-0.05, 0) is 86.1 Å². The lowest BCUT2D eigenvalue weighted by molar-refractivity contribution is 0.0937. The van der Waals surface area contributed by atoms with Crippen LogP contribution in [0.1, 0.15) is 54.7 Å². The van der Waals surface area contributed by atoms with Gasteiger partial charge in [0.05, 0.1) is 11.0 Å². The van der Waals surface area contributed by atoms with E-state index in [0.29, 0.717) is 29.0 Å². The summed E-state index contributed by atoms with van der Waals surface area (Å²) < 4.78 is 0. The summed E-state index contributed by atoms with van der Waals surface area (Å²) in [5.41, 5.74) is 3.53. The van der Waals surface area contributed by atoms with E-state index in [9.17, 15) is 4.79 Å². The van der Waals surface area contributed by atoms with Gasteiger partial charge in [0.25, 0.3) is 0 Å². The summed E-state index contributed by atoms with van der Waals surface area (Å²) >= 11 is 12.1.